The Balaban J connectivity index is 2.11. The van der Waals surface area contributed by atoms with Crippen molar-refractivity contribution < 1.29 is 9.90 Å². The molecule has 2 aromatic heterocycles. The third-order valence-corrected chi connectivity index (χ3v) is 3.93. The van der Waals surface area contributed by atoms with E-state index in [4.69, 9.17) is 0 Å². The zero-order valence-corrected chi connectivity index (χ0v) is 14.6. The van der Waals surface area contributed by atoms with E-state index in [1.54, 1.807) is 30.6 Å². The maximum atomic E-state index is 11.6. The van der Waals surface area contributed by atoms with Crippen LogP contribution in [0, 0.1) is 6.92 Å². The zero-order chi connectivity index (χ0) is 18.1. The Morgan fingerprint density at radius 2 is 2.04 bits per heavy atom. The largest absolute Gasteiger partial charge is 0.465 e. The van der Waals surface area contributed by atoms with Gasteiger partial charge in [-0.15, -0.1) is 10.2 Å². The number of hydrogen-bond donors (Lipinski definition) is 1. The van der Waals surface area contributed by atoms with E-state index in [2.05, 4.69) is 15.2 Å². The zero-order valence-electron chi connectivity index (χ0n) is 14.6. The quantitative estimate of drug-likeness (QED) is 0.785. The van der Waals surface area contributed by atoms with Crippen molar-refractivity contribution in [1.82, 2.24) is 19.6 Å². The van der Waals surface area contributed by atoms with Gasteiger partial charge < -0.3 is 10.0 Å². The number of benzene rings is 1. The van der Waals surface area contributed by atoms with Crippen molar-refractivity contribution in [3.63, 3.8) is 0 Å². The monoisotopic (exact) mass is 340 g/mol. The summed E-state index contributed by atoms with van der Waals surface area (Å²) in [5, 5.41) is 17.7. The Kier molecular flexibility index (Phi) is 4.26. The average Bonchev–Trinajstić information content (AvgIpc) is 2.97. The van der Waals surface area contributed by atoms with Gasteiger partial charge in [-0.2, -0.15) is 0 Å². The Bertz CT molecular complexity index is 920. The molecular weight excluding hydrogens is 320 g/mol. The molecule has 3 rings (SSSR count). The predicted molar refractivity (Wildman–Crippen MR) is 95.7 cm³/mol. The van der Waals surface area contributed by atoms with E-state index in [0.717, 1.165) is 11.3 Å². The minimum atomic E-state index is -1.07. The topological polar surface area (TPSA) is 86.9 Å². The molecule has 0 atom stereocenters. The molecular formula is C17H20N6O2. The Morgan fingerprint density at radius 3 is 2.68 bits per heavy atom. The van der Waals surface area contributed by atoms with Crippen molar-refractivity contribution in [3.8, 4) is 0 Å². The summed E-state index contributed by atoms with van der Waals surface area (Å²) in [7, 11) is 1.89. The lowest BCUT2D eigenvalue weighted by atomic mass is 10.2. The first-order chi connectivity index (χ1) is 11.9. The van der Waals surface area contributed by atoms with Gasteiger partial charge in [0.05, 0.1) is 0 Å². The van der Waals surface area contributed by atoms with Crippen molar-refractivity contribution >= 4 is 29.2 Å². The lowest BCUT2D eigenvalue weighted by Gasteiger charge is -2.22. The first kappa shape index (κ1) is 16.7. The molecule has 1 aromatic carbocycles. The molecule has 0 unspecified atom stereocenters. The molecule has 0 aliphatic carbocycles. The molecule has 0 bridgehead atoms. The Hall–Kier alpha value is -3.16. The highest BCUT2D eigenvalue weighted by molar-refractivity contribution is 5.85. The summed E-state index contributed by atoms with van der Waals surface area (Å²) in [4.78, 5) is 19.1. The molecule has 130 valence electrons. The van der Waals surface area contributed by atoms with E-state index < -0.39 is 6.09 Å². The number of rotatable bonds is 4. The van der Waals surface area contributed by atoms with Crippen LogP contribution in [0.1, 0.15) is 19.4 Å². The van der Waals surface area contributed by atoms with E-state index in [-0.39, 0.29) is 12.0 Å². The number of nitrogens with zero attached hydrogens (tertiary/aromatic N) is 6. The van der Waals surface area contributed by atoms with E-state index >= 15 is 0 Å². The number of amides is 1. The van der Waals surface area contributed by atoms with Gasteiger partial charge in [0, 0.05) is 31.2 Å². The summed E-state index contributed by atoms with van der Waals surface area (Å²) in [6.07, 6.45) is 2.20. The maximum absolute atomic E-state index is 11.6. The van der Waals surface area contributed by atoms with Gasteiger partial charge in [-0.05, 0) is 38.5 Å². The minimum Gasteiger partial charge on any atom is -0.465 e. The van der Waals surface area contributed by atoms with Gasteiger partial charge in [0.1, 0.15) is 0 Å². The molecule has 1 N–H and O–H groups in total. The molecule has 0 spiro atoms. The van der Waals surface area contributed by atoms with Gasteiger partial charge in [0.2, 0.25) is 11.6 Å². The number of aryl methyl sites for hydroxylation is 1. The maximum Gasteiger partial charge on any atom is 0.414 e. The Morgan fingerprint density at radius 1 is 1.28 bits per heavy atom. The molecule has 1 amide bonds. The number of carboxylic acid groups (broad SMARTS) is 1. The number of aromatic nitrogens is 4. The highest BCUT2D eigenvalue weighted by Crippen LogP contribution is 2.27. The summed E-state index contributed by atoms with van der Waals surface area (Å²) in [5.74, 6) is 0.847. The molecule has 0 aliphatic rings. The van der Waals surface area contributed by atoms with E-state index in [9.17, 15) is 9.90 Å². The first-order valence-corrected chi connectivity index (χ1v) is 7.92. The minimum absolute atomic E-state index is 0.249. The van der Waals surface area contributed by atoms with Crippen LogP contribution in [0.3, 0.4) is 0 Å². The number of hydrogen-bond acceptors (Lipinski definition) is 5. The summed E-state index contributed by atoms with van der Waals surface area (Å²) < 4.78 is 1.64. The molecule has 0 aliphatic heterocycles. The second-order valence-corrected chi connectivity index (χ2v) is 6.09. The van der Waals surface area contributed by atoms with Crippen LogP contribution in [0.2, 0.25) is 0 Å². The van der Waals surface area contributed by atoms with Gasteiger partial charge in [-0.3, -0.25) is 4.40 Å². The average molecular weight is 340 g/mol. The van der Waals surface area contributed by atoms with Crippen LogP contribution in [0.5, 0.6) is 0 Å². The predicted octanol–water partition coefficient (Wildman–Crippen LogP) is 3.09. The van der Waals surface area contributed by atoms with E-state index in [0.29, 0.717) is 11.5 Å². The molecule has 25 heavy (non-hydrogen) atoms. The van der Waals surface area contributed by atoms with Crippen LogP contribution >= 0.6 is 0 Å². The fraction of sp³-hybridized carbons (Fsp3) is 0.294. The van der Waals surface area contributed by atoms with Crippen LogP contribution in [0.25, 0.3) is 5.65 Å². The lowest BCUT2D eigenvalue weighted by Crippen LogP contribution is -2.37. The molecule has 3 aromatic rings. The second-order valence-electron chi connectivity index (χ2n) is 6.09. The summed E-state index contributed by atoms with van der Waals surface area (Å²) in [6.45, 7) is 5.60. The van der Waals surface area contributed by atoms with Crippen LogP contribution < -0.4 is 9.80 Å². The molecule has 0 radical (unpaired) electrons. The lowest BCUT2D eigenvalue weighted by molar-refractivity contribution is 0.199. The van der Waals surface area contributed by atoms with Gasteiger partial charge in [-0.25, -0.2) is 14.7 Å². The molecule has 2 heterocycles. The first-order valence-electron chi connectivity index (χ1n) is 7.92. The summed E-state index contributed by atoms with van der Waals surface area (Å²) in [6, 6.07) is 7.75. The molecule has 8 heteroatoms. The standard InChI is InChI=1S/C17H20N6O2/c1-11(2)23(17(24)25)16-20-19-15-14(18-8-9-22(15)16)21(4)13-7-5-6-12(3)10-13/h5-11H,1-4H3,(H,24,25). The van der Waals surface area contributed by atoms with Crippen molar-refractivity contribution in [2.45, 2.75) is 26.8 Å². The van der Waals surface area contributed by atoms with Gasteiger partial charge in [-0.1, -0.05) is 12.1 Å². The second kappa shape index (κ2) is 6.39. The molecule has 0 fully saturated rings. The van der Waals surface area contributed by atoms with Crippen molar-refractivity contribution in [3.05, 3.63) is 42.2 Å². The van der Waals surface area contributed by atoms with Crippen LogP contribution in [-0.2, 0) is 0 Å². The SMILES string of the molecule is Cc1cccc(N(C)c2nccn3c(N(C(=O)O)C(C)C)nnc23)c1. The number of anilines is 3. The van der Waals surface area contributed by atoms with Crippen LogP contribution in [-0.4, -0.2) is 43.9 Å². The van der Waals surface area contributed by atoms with Gasteiger partial charge in [0.15, 0.2) is 5.82 Å². The number of carbonyl (C=O) groups is 1. The Labute approximate surface area is 145 Å². The fourth-order valence-electron chi connectivity index (χ4n) is 2.70. The highest BCUT2D eigenvalue weighted by Gasteiger charge is 2.25. The molecule has 8 nitrogen and oxygen atoms in total. The van der Waals surface area contributed by atoms with Crippen LogP contribution in [0.4, 0.5) is 22.2 Å². The van der Waals surface area contributed by atoms with Crippen molar-refractivity contribution in [2.75, 3.05) is 16.8 Å². The fourth-order valence-corrected chi connectivity index (χ4v) is 2.70. The van der Waals surface area contributed by atoms with E-state index in [1.165, 1.54) is 4.90 Å². The van der Waals surface area contributed by atoms with E-state index in [1.807, 2.05) is 43.1 Å². The summed E-state index contributed by atoms with van der Waals surface area (Å²) >= 11 is 0. The third-order valence-electron chi connectivity index (χ3n) is 3.93. The smallest absolute Gasteiger partial charge is 0.414 e. The highest BCUT2D eigenvalue weighted by atomic mass is 16.4. The van der Waals surface area contributed by atoms with Crippen molar-refractivity contribution in [1.29, 1.82) is 0 Å². The van der Waals surface area contributed by atoms with Gasteiger partial charge >= 0.3 is 6.09 Å². The summed E-state index contributed by atoms with van der Waals surface area (Å²) in [5.41, 5.74) is 2.59. The third kappa shape index (κ3) is 2.98. The molecule has 0 saturated heterocycles. The van der Waals surface area contributed by atoms with Crippen molar-refractivity contribution in [2.24, 2.45) is 0 Å². The molecule has 0 saturated carbocycles. The normalized spacial score (nSPS) is 11.1. The van der Waals surface area contributed by atoms with Gasteiger partial charge in [0.25, 0.3) is 0 Å². The number of fused-ring (bicyclic) bond motifs is 1. The van der Waals surface area contributed by atoms with Crippen LogP contribution in [0.15, 0.2) is 36.7 Å².